The van der Waals surface area contributed by atoms with Crippen LogP contribution in [0.5, 0.6) is 0 Å². The van der Waals surface area contributed by atoms with Crippen molar-refractivity contribution in [1.82, 2.24) is 5.32 Å². The Labute approximate surface area is 126 Å². The highest BCUT2D eigenvalue weighted by molar-refractivity contribution is 7.99. The van der Waals surface area contributed by atoms with E-state index in [1.807, 2.05) is 6.92 Å². The number of likely N-dealkylation sites (N-methyl/N-ethyl adjacent to an activating group) is 1. The molecule has 1 aromatic rings. The Balaban J connectivity index is 2.52. The van der Waals surface area contributed by atoms with E-state index in [2.05, 4.69) is 43.4 Å². The number of benzene rings is 1. The van der Waals surface area contributed by atoms with E-state index in [0.717, 1.165) is 5.75 Å². The van der Waals surface area contributed by atoms with Gasteiger partial charge in [0.1, 0.15) is 5.54 Å². The molecule has 1 atom stereocenters. The van der Waals surface area contributed by atoms with E-state index in [-0.39, 0.29) is 0 Å². The molecule has 1 unspecified atom stereocenters. The van der Waals surface area contributed by atoms with Gasteiger partial charge in [0.25, 0.3) is 0 Å². The molecule has 0 radical (unpaired) electrons. The van der Waals surface area contributed by atoms with Crippen molar-refractivity contribution in [2.75, 3.05) is 12.3 Å². The maximum Gasteiger partial charge on any atom is 0.323 e. The zero-order valence-electron chi connectivity index (χ0n) is 12.8. The van der Waals surface area contributed by atoms with Crippen molar-refractivity contribution >= 4 is 17.7 Å². The van der Waals surface area contributed by atoms with E-state index in [1.165, 1.54) is 10.5 Å². The van der Waals surface area contributed by atoms with Gasteiger partial charge in [-0.25, -0.2) is 0 Å². The highest BCUT2D eigenvalue weighted by atomic mass is 32.2. The van der Waals surface area contributed by atoms with Gasteiger partial charge in [-0.05, 0) is 43.5 Å². The Morgan fingerprint density at radius 1 is 1.35 bits per heavy atom. The van der Waals surface area contributed by atoms with Gasteiger partial charge >= 0.3 is 5.97 Å². The summed E-state index contributed by atoms with van der Waals surface area (Å²) in [7, 11) is 0. The van der Waals surface area contributed by atoms with Crippen LogP contribution in [0, 0.1) is 0 Å². The first-order chi connectivity index (χ1) is 9.39. The fourth-order valence-corrected chi connectivity index (χ4v) is 3.06. The molecular weight excluding hydrogens is 270 g/mol. The number of hydrogen-bond acceptors (Lipinski definition) is 3. The number of carboxylic acid groups (broad SMARTS) is 1. The fourth-order valence-electron chi connectivity index (χ4n) is 1.98. The predicted molar refractivity (Wildman–Crippen MR) is 85.6 cm³/mol. The molecule has 0 aliphatic rings. The highest BCUT2D eigenvalue weighted by Gasteiger charge is 2.31. The van der Waals surface area contributed by atoms with Crippen LogP contribution in [-0.4, -0.2) is 28.9 Å². The van der Waals surface area contributed by atoms with Crippen LogP contribution in [0.25, 0.3) is 0 Å². The molecule has 0 heterocycles. The molecule has 112 valence electrons. The summed E-state index contributed by atoms with van der Waals surface area (Å²) in [6, 6.07) is 8.53. The lowest BCUT2D eigenvalue weighted by Crippen LogP contribution is -2.49. The van der Waals surface area contributed by atoms with Crippen molar-refractivity contribution in [2.24, 2.45) is 0 Å². The lowest BCUT2D eigenvalue weighted by molar-refractivity contribution is -0.144. The molecule has 0 aromatic heterocycles. The highest BCUT2D eigenvalue weighted by Crippen LogP contribution is 2.24. The Morgan fingerprint density at radius 2 is 1.95 bits per heavy atom. The largest absolute Gasteiger partial charge is 0.480 e. The Morgan fingerprint density at radius 3 is 2.40 bits per heavy atom. The number of rotatable bonds is 8. The van der Waals surface area contributed by atoms with Crippen LogP contribution in [0.1, 0.15) is 45.6 Å². The third-order valence-corrected chi connectivity index (χ3v) is 4.47. The maximum absolute atomic E-state index is 11.3. The van der Waals surface area contributed by atoms with Gasteiger partial charge in [0.15, 0.2) is 0 Å². The topological polar surface area (TPSA) is 49.3 Å². The van der Waals surface area contributed by atoms with Crippen LogP contribution in [-0.2, 0) is 4.79 Å². The zero-order chi connectivity index (χ0) is 15.2. The van der Waals surface area contributed by atoms with Crippen LogP contribution < -0.4 is 5.32 Å². The summed E-state index contributed by atoms with van der Waals surface area (Å²) < 4.78 is 0. The lowest BCUT2D eigenvalue weighted by Gasteiger charge is -2.25. The first-order valence-corrected chi connectivity index (χ1v) is 8.09. The SMILES string of the molecule is CCNC(C)(CCSc1ccc(C(C)C)cc1)C(=O)O. The van der Waals surface area contributed by atoms with E-state index in [9.17, 15) is 9.90 Å². The van der Waals surface area contributed by atoms with Crippen LogP contribution in [0.15, 0.2) is 29.2 Å². The molecule has 0 aliphatic heterocycles. The zero-order valence-corrected chi connectivity index (χ0v) is 13.6. The average Bonchev–Trinajstić information content (AvgIpc) is 2.39. The van der Waals surface area contributed by atoms with Gasteiger partial charge in [0.05, 0.1) is 0 Å². The molecule has 4 heteroatoms. The van der Waals surface area contributed by atoms with E-state index in [4.69, 9.17) is 0 Å². The number of aliphatic carboxylic acids is 1. The minimum absolute atomic E-state index is 0.540. The third kappa shape index (κ3) is 4.84. The first-order valence-electron chi connectivity index (χ1n) is 7.10. The van der Waals surface area contributed by atoms with Gasteiger partial charge in [-0.2, -0.15) is 0 Å². The predicted octanol–water partition coefficient (Wildman–Crippen LogP) is 3.75. The van der Waals surface area contributed by atoms with Crippen molar-refractivity contribution in [2.45, 2.75) is 50.5 Å². The van der Waals surface area contributed by atoms with Gasteiger partial charge in [0.2, 0.25) is 0 Å². The summed E-state index contributed by atoms with van der Waals surface area (Å²) in [6.45, 7) is 8.70. The summed E-state index contributed by atoms with van der Waals surface area (Å²) in [5.41, 5.74) is 0.497. The summed E-state index contributed by atoms with van der Waals surface area (Å²) >= 11 is 1.71. The quantitative estimate of drug-likeness (QED) is 0.717. The molecule has 1 aromatic carbocycles. The fraction of sp³-hybridized carbons (Fsp3) is 0.562. The second kappa shape index (κ2) is 7.70. The molecular formula is C16H25NO2S. The second-order valence-electron chi connectivity index (χ2n) is 5.49. The van der Waals surface area contributed by atoms with Gasteiger partial charge in [-0.1, -0.05) is 32.9 Å². The van der Waals surface area contributed by atoms with Gasteiger partial charge in [-0.3, -0.25) is 4.79 Å². The van der Waals surface area contributed by atoms with E-state index < -0.39 is 11.5 Å². The standard InChI is InChI=1S/C16H25NO2S/c1-5-17-16(4,15(18)19)10-11-20-14-8-6-13(7-9-14)12(2)3/h6-9,12,17H,5,10-11H2,1-4H3,(H,18,19). The van der Waals surface area contributed by atoms with Crippen molar-refractivity contribution < 1.29 is 9.90 Å². The van der Waals surface area contributed by atoms with Crippen LogP contribution in [0.4, 0.5) is 0 Å². The molecule has 2 N–H and O–H groups in total. The number of carbonyl (C=O) groups is 1. The van der Waals surface area contributed by atoms with Crippen molar-refractivity contribution in [3.63, 3.8) is 0 Å². The molecule has 0 saturated heterocycles. The smallest absolute Gasteiger partial charge is 0.323 e. The maximum atomic E-state index is 11.3. The van der Waals surface area contributed by atoms with Gasteiger partial charge < -0.3 is 10.4 Å². The summed E-state index contributed by atoms with van der Waals surface area (Å²) in [6.07, 6.45) is 0.604. The van der Waals surface area contributed by atoms with Crippen molar-refractivity contribution in [3.05, 3.63) is 29.8 Å². The van der Waals surface area contributed by atoms with Crippen molar-refractivity contribution in [1.29, 1.82) is 0 Å². The molecule has 0 fully saturated rings. The molecule has 0 spiro atoms. The van der Waals surface area contributed by atoms with Crippen molar-refractivity contribution in [3.8, 4) is 0 Å². The van der Waals surface area contributed by atoms with Crippen LogP contribution in [0.3, 0.4) is 0 Å². The summed E-state index contributed by atoms with van der Waals surface area (Å²) in [5, 5.41) is 12.3. The number of thioether (sulfide) groups is 1. The number of hydrogen-bond donors (Lipinski definition) is 2. The molecule has 3 nitrogen and oxygen atoms in total. The molecule has 1 rings (SSSR count). The number of nitrogens with one attached hydrogen (secondary N) is 1. The van der Waals surface area contributed by atoms with Crippen LogP contribution >= 0.6 is 11.8 Å². The Hall–Kier alpha value is -1.00. The van der Waals surface area contributed by atoms with Gasteiger partial charge in [0, 0.05) is 10.6 Å². The lowest BCUT2D eigenvalue weighted by atomic mass is 9.99. The normalized spacial score (nSPS) is 14.2. The molecule has 20 heavy (non-hydrogen) atoms. The minimum atomic E-state index is -0.834. The summed E-state index contributed by atoms with van der Waals surface area (Å²) in [4.78, 5) is 12.5. The monoisotopic (exact) mass is 295 g/mol. The third-order valence-electron chi connectivity index (χ3n) is 3.46. The molecule has 0 bridgehead atoms. The minimum Gasteiger partial charge on any atom is -0.480 e. The molecule has 0 aliphatic carbocycles. The molecule has 0 amide bonds. The first kappa shape index (κ1) is 17.1. The van der Waals surface area contributed by atoms with Gasteiger partial charge in [-0.15, -0.1) is 11.8 Å². The Kier molecular flexibility index (Phi) is 6.56. The summed E-state index contributed by atoms with van der Waals surface area (Å²) in [5.74, 6) is 0.546. The van der Waals surface area contributed by atoms with Crippen LogP contribution in [0.2, 0.25) is 0 Å². The van der Waals surface area contributed by atoms with E-state index in [0.29, 0.717) is 18.9 Å². The second-order valence-corrected chi connectivity index (χ2v) is 6.66. The van der Waals surface area contributed by atoms with E-state index >= 15 is 0 Å². The van der Waals surface area contributed by atoms with E-state index in [1.54, 1.807) is 18.7 Å². The number of carboxylic acids is 1. The molecule has 0 saturated carbocycles. The average molecular weight is 295 g/mol. The Bertz CT molecular complexity index is 431.